The Morgan fingerprint density at radius 2 is 1.56 bits per heavy atom. The number of nitrogens with one attached hydrogen (secondary N) is 1. The molecule has 2 aromatic rings. The highest BCUT2D eigenvalue weighted by Gasteiger charge is 2.21. The van der Waals surface area contributed by atoms with Gasteiger partial charge in [0.25, 0.3) is 0 Å². The second-order valence-corrected chi connectivity index (χ2v) is 6.02. The Kier molecular flexibility index (Phi) is 7.70. The minimum atomic E-state index is -0.561. The molecule has 0 aromatic heterocycles. The number of ketones is 1. The largest absolute Gasteiger partial charge is 0.445 e. The van der Waals surface area contributed by atoms with Crippen LogP contribution in [0.4, 0.5) is 4.79 Å². The molecule has 2 aromatic carbocycles. The topological polar surface area (TPSA) is 55.4 Å². The van der Waals surface area contributed by atoms with Gasteiger partial charge < -0.3 is 10.1 Å². The van der Waals surface area contributed by atoms with Gasteiger partial charge in [0.1, 0.15) is 6.61 Å². The Hall–Kier alpha value is -2.62. The maximum atomic E-state index is 12.4. The van der Waals surface area contributed by atoms with Crippen molar-refractivity contribution in [2.45, 2.75) is 45.3 Å². The number of benzene rings is 2. The number of unbranched alkanes of at least 4 members (excludes halogenated alkanes) is 1. The molecule has 0 spiro atoms. The summed E-state index contributed by atoms with van der Waals surface area (Å²) in [5.74, 6) is 0.0439. The number of ether oxygens (including phenoxy) is 1. The van der Waals surface area contributed by atoms with E-state index in [1.54, 1.807) is 0 Å². The van der Waals surface area contributed by atoms with Crippen molar-refractivity contribution < 1.29 is 14.3 Å². The molecule has 0 fully saturated rings. The van der Waals surface area contributed by atoms with E-state index in [2.05, 4.69) is 5.32 Å². The van der Waals surface area contributed by atoms with Gasteiger partial charge >= 0.3 is 6.09 Å². The van der Waals surface area contributed by atoms with Crippen molar-refractivity contribution in [3.8, 4) is 0 Å². The Morgan fingerprint density at radius 1 is 0.960 bits per heavy atom. The van der Waals surface area contributed by atoms with E-state index in [1.165, 1.54) is 0 Å². The van der Waals surface area contributed by atoms with Crippen molar-refractivity contribution in [2.75, 3.05) is 0 Å². The summed E-state index contributed by atoms with van der Waals surface area (Å²) in [4.78, 5) is 24.6. The highest BCUT2D eigenvalue weighted by Crippen LogP contribution is 2.08. The third-order valence-corrected chi connectivity index (χ3v) is 3.95. The number of hydrogen-bond acceptors (Lipinski definition) is 3. The first-order valence-electron chi connectivity index (χ1n) is 8.73. The smallest absolute Gasteiger partial charge is 0.408 e. The van der Waals surface area contributed by atoms with Gasteiger partial charge in [0.2, 0.25) is 0 Å². The van der Waals surface area contributed by atoms with Crippen molar-refractivity contribution in [1.82, 2.24) is 5.32 Å². The maximum absolute atomic E-state index is 12.4. The Labute approximate surface area is 149 Å². The Balaban J connectivity index is 1.94. The van der Waals surface area contributed by atoms with Crippen LogP contribution in [-0.4, -0.2) is 17.9 Å². The van der Waals surface area contributed by atoms with Crippen LogP contribution >= 0.6 is 0 Å². The lowest BCUT2D eigenvalue weighted by molar-refractivity contribution is -0.121. The minimum absolute atomic E-state index is 0.0439. The first-order valence-corrected chi connectivity index (χ1v) is 8.73. The van der Waals surface area contributed by atoms with E-state index in [1.807, 2.05) is 67.6 Å². The molecular weight excluding hydrogens is 314 g/mol. The summed E-state index contributed by atoms with van der Waals surface area (Å²) in [5, 5.41) is 2.73. The lowest BCUT2D eigenvalue weighted by atomic mass is 9.99. The van der Waals surface area contributed by atoms with E-state index in [9.17, 15) is 9.59 Å². The molecule has 0 saturated heterocycles. The molecule has 0 aliphatic heterocycles. The van der Waals surface area contributed by atoms with Crippen molar-refractivity contribution in [3.05, 3.63) is 71.8 Å². The maximum Gasteiger partial charge on any atom is 0.408 e. The van der Waals surface area contributed by atoms with E-state index in [-0.39, 0.29) is 12.4 Å². The Bertz CT molecular complexity index is 655. The second kappa shape index (κ2) is 10.3. The van der Waals surface area contributed by atoms with Crippen LogP contribution in [0.15, 0.2) is 60.7 Å². The van der Waals surface area contributed by atoms with E-state index < -0.39 is 12.1 Å². The minimum Gasteiger partial charge on any atom is -0.445 e. The third-order valence-electron chi connectivity index (χ3n) is 3.95. The first-order chi connectivity index (χ1) is 12.2. The van der Waals surface area contributed by atoms with E-state index in [4.69, 9.17) is 4.74 Å². The van der Waals surface area contributed by atoms with Crippen LogP contribution in [0.3, 0.4) is 0 Å². The summed E-state index contributed by atoms with van der Waals surface area (Å²) in [6, 6.07) is 18.6. The number of amides is 1. The summed E-state index contributed by atoms with van der Waals surface area (Å²) in [6.45, 7) is 2.23. The van der Waals surface area contributed by atoms with Crippen molar-refractivity contribution >= 4 is 11.9 Å². The molecule has 0 heterocycles. The third kappa shape index (κ3) is 6.79. The lowest BCUT2D eigenvalue weighted by Gasteiger charge is -2.18. The van der Waals surface area contributed by atoms with Crippen LogP contribution in [0, 0.1) is 0 Å². The molecule has 4 nitrogen and oxygen atoms in total. The highest BCUT2D eigenvalue weighted by molar-refractivity contribution is 5.87. The number of Topliss-reactive ketones (excluding diaryl/α,β-unsaturated/α-hetero) is 1. The van der Waals surface area contributed by atoms with Gasteiger partial charge in [-0.25, -0.2) is 4.79 Å². The quantitative estimate of drug-likeness (QED) is 0.742. The van der Waals surface area contributed by atoms with Gasteiger partial charge in [0.15, 0.2) is 5.78 Å². The van der Waals surface area contributed by atoms with E-state index >= 15 is 0 Å². The molecule has 132 valence electrons. The average molecular weight is 339 g/mol. The van der Waals surface area contributed by atoms with Crippen molar-refractivity contribution in [2.24, 2.45) is 0 Å². The summed E-state index contributed by atoms with van der Waals surface area (Å²) in [5.41, 5.74) is 1.93. The van der Waals surface area contributed by atoms with Crippen LogP contribution in [0.5, 0.6) is 0 Å². The van der Waals surface area contributed by atoms with E-state index in [0.717, 1.165) is 24.0 Å². The molecular formula is C21H25NO3. The number of carbonyl (C=O) groups excluding carboxylic acids is 2. The molecule has 1 amide bonds. The summed E-state index contributed by atoms with van der Waals surface area (Å²) in [7, 11) is 0. The average Bonchev–Trinajstić information content (AvgIpc) is 2.65. The number of carbonyl (C=O) groups is 2. The fraction of sp³-hybridized carbons (Fsp3) is 0.333. The summed E-state index contributed by atoms with van der Waals surface area (Å²) in [6.07, 6.45) is 2.15. The molecule has 0 saturated carbocycles. The fourth-order valence-corrected chi connectivity index (χ4v) is 2.53. The van der Waals surface area contributed by atoms with Gasteiger partial charge in [-0.3, -0.25) is 4.79 Å². The summed E-state index contributed by atoms with van der Waals surface area (Å²) < 4.78 is 5.25. The standard InChI is InChI=1S/C21H25NO3/c1-2-3-14-20(23)19(15-17-10-6-4-7-11-17)22-21(24)25-16-18-12-8-5-9-13-18/h4-13,19H,2-3,14-16H2,1H3,(H,22,24). The molecule has 1 N–H and O–H groups in total. The van der Waals surface area contributed by atoms with Gasteiger partial charge in [-0.1, -0.05) is 74.0 Å². The Morgan fingerprint density at radius 3 is 2.16 bits per heavy atom. The zero-order chi connectivity index (χ0) is 17.9. The summed E-state index contributed by atoms with van der Waals surface area (Å²) >= 11 is 0. The number of rotatable bonds is 9. The van der Waals surface area contributed by atoms with Crippen LogP contribution in [0.25, 0.3) is 0 Å². The van der Waals surface area contributed by atoms with Gasteiger partial charge in [-0.05, 0) is 24.0 Å². The first kappa shape index (κ1) is 18.7. The molecule has 0 radical (unpaired) electrons. The van der Waals surface area contributed by atoms with Gasteiger partial charge in [-0.15, -0.1) is 0 Å². The monoisotopic (exact) mass is 339 g/mol. The van der Waals surface area contributed by atoms with Crippen LogP contribution in [0.2, 0.25) is 0 Å². The molecule has 1 unspecified atom stereocenters. The molecule has 0 bridgehead atoms. The molecule has 0 aliphatic rings. The number of hydrogen-bond donors (Lipinski definition) is 1. The van der Waals surface area contributed by atoms with Crippen LogP contribution < -0.4 is 5.32 Å². The van der Waals surface area contributed by atoms with Gasteiger partial charge in [-0.2, -0.15) is 0 Å². The molecule has 2 rings (SSSR count). The van der Waals surface area contributed by atoms with Gasteiger partial charge in [0.05, 0.1) is 6.04 Å². The van der Waals surface area contributed by atoms with E-state index in [0.29, 0.717) is 12.8 Å². The highest BCUT2D eigenvalue weighted by atomic mass is 16.5. The zero-order valence-corrected chi connectivity index (χ0v) is 14.6. The van der Waals surface area contributed by atoms with Crippen molar-refractivity contribution in [1.29, 1.82) is 0 Å². The predicted octanol–water partition coefficient (Wildman–Crippen LogP) is 4.28. The molecule has 4 heteroatoms. The van der Waals surface area contributed by atoms with Gasteiger partial charge in [0, 0.05) is 6.42 Å². The molecule has 25 heavy (non-hydrogen) atoms. The molecule has 1 atom stereocenters. The lowest BCUT2D eigenvalue weighted by Crippen LogP contribution is -2.42. The second-order valence-electron chi connectivity index (χ2n) is 6.02. The SMILES string of the molecule is CCCCC(=O)C(Cc1ccccc1)NC(=O)OCc1ccccc1. The zero-order valence-electron chi connectivity index (χ0n) is 14.6. The predicted molar refractivity (Wildman–Crippen MR) is 98.2 cm³/mol. The number of alkyl carbamates (subject to hydrolysis) is 1. The molecule has 0 aliphatic carbocycles. The fourth-order valence-electron chi connectivity index (χ4n) is 2.53. The normalized spacial score (nSPS) is 11.6. The van der Waals surface area contributed by atoms with Crippen LogP contribution in [0.1, 0.15) is 37.3 Å². The van der Waals surface area contributed by atoms with Crippen LogP contribution in [-0.2, 0) is 22.6 Å². The van der Waals surface area contributed by atoms with Crippen molar-refractivity contribution in [3.63, 3.8) is 0 Å².